The molecule has 4 aliphatic carbocycles. The van der Waals surface area contributed by atoms with Crippen molar-refractivity contribution in [1.29, 1.82) is 0 Å². The van der Waals surface area contributed by atoms with Gasteiger partial charge in [-0.3, -0.25) is 0 Å². The summed E-state index contributed by atoms with van der Waals surface area (Å²) in [7, 11) is -0.201. The summed E-state index contributed by atoms with van der Waals surface area (Å²) in [5.74, 6) is 4.13. The van der Waals surface area contributed by atoms with Gasteiger partial charge in [0.25, 0.3) is 0 Å². The second-order valence-electron chi connectivity index (χ2n) is 7.96. The second-order valence-corrected chi connectivity index (χ2v) is 10.3. The van der Waals surface area contributed by atoms with Gasteiger partial charge in [-0.25, -0.2) is 0 Å². The maximum Gasteiger partial charge on any atom is -0.00717 e. The van der Waals surface area contributed by atoms with E-state index in [4.69, 9.17) is 0 Å². The Morgan fingerprint density at radius 1 is 0.565 bits per heavy atom. The van der Waals surface area contributed by atoms with E-state index in [1.165, 1.54) is 25.7 Å². The molecular weight excluding hydrogens is 295 g/mol. The smallest absolute Gasteiger partial charge is 0.00717 e. The van der Waals surface area contributed by atoms with Gasteiger partial charge in [-0.05, 0) is 80.0 Å². The number of rotatable bonds is 3. The van der Waals surface area contributed by atoms with Gasteiger partial charge in [0.15, 0.2) is 0 Å². The van der Waals surface area contributed by atoms with Gasteiger partial charge in [-0.1, -0.05) is 60.7 Å². The van der Waals surface area contributed by atoms with Crippen LogP contribution in [-0.2, 0) is 0 Å². The quantitative estimate of drug-likeness (QED) is 0.702. The summed E-state index contributed by atoms with van der Waals surface area (Å²) in [5, 5.41) is 3.21. The van der Waals surface area contributed by atoms with Crippen LogP contribution in [0.15, 0.2) is 60.7 Å². The minimum atomic E-state index is -0.201. The summed E-state index contributed by atoms with van der Waals surface area (Å²) in [5.41, 5.74) is 0.933. The molecule has 0 radical (unpaired) electrons. The Labute approximate surface area is 141 Å². The van der Waals surface area contributed by atoms with Crippen molar-refractivity contribution in [1.82, 2.24) is 0 Å². The highest BCUT2D eigenvalue weighted by Crippen LogP contribution is 2.62. The van der Waals surface area contributed by atoms with Crippen molar-refractivity contribution in [2.75, 3.05) is 0 Å². The molecule has 6 rings (SSSR count). The Morgan fingerprint density at radius 3 is 1.43 bits per heavy atom. The fourth-order valence-electron chi connectivity index (χ4n) is 5.99. The maximum absolute atomic E-state index is 2.39. The van der Waals surface area contributed by atoms with E-state index in [-0.39, 0.29) is 7.92 Å². The first-order chi connectivity index (χ1) is 11.4. The van der Waals surface area contributed by atoms with Crippen LogP contribution in [0.1, 0.15) is 32.1 Å². The van der Waals surface area contributed by atoms with Gasteiger partial charge in [0.2, 0.25) is 0 Å². The number of hydrogen-bond donors (Lipinski definition) is 0. The lowest BCUT2D eigenvalue weighted by molar-refractivity contribution is 0.0254. The molecular formula is C22H25P. The molecule has 0 aromatic heterocycles. The van der Waals surface area contributed by atoms with E-state index in [2.05, 4.69) is 60.7 Å². The first-order valence-corrected chi connectivity index (χ1v) is 10.7. The fraction of sp³-hybridized carbons (Fsp3) is 0.455. The molecule has 2 aromatic rings. The lowest BCUT2D eigenvalue weighted by atomic mass is 9.56. The van der Waals surface area contributed by atoms with Gasteiger partial charge < -0.3 is 0 Å². The van der Waals surface area contributed by atoms with Crippen LogP contribution in [0, 0.1) is 23.7 Å². The molecule has 0 heterocycles. The van der Waals surface area contributed by atoms with Gasteiger partial charge in [0.05, 0.1) is 0 Å². The highest BCUT2D eigenvalue weighted by atomic mass is 31.1. The molecule has 0 atom stereocenters. The average Bonchev–Trinajstić information content (AvgIpc) is 2.59. The largest absolute Gasteiger partial charge is 0.0622 e. The van der Waals surface area contributed by atoms with Crippen LogP contribution in [0.2, 0.25) is 0 Å². The zero-order valence-electron chi connectivity index (χ0n) is 13.6. The van der Waals surface area contributed by atoms with Crippen LogP contribution in [0.5, 0.6) is 0 Å². The van der Waals surface area contributed by atoms with Crippen molar-refractivity contribution in [2.24, 2.45) is 23.7 Å². The molecule has 0 spiro atoms. The third-order valence-electron chi connectivity index (χ3n) is 6.54. The number of hydrogen-bond acceptors (Lipinski definition) is 0. The highest BCUT2D eigenvalue weighted by molar-refractivity contribution is 7.73. The van der Waals surface area contributed by atoms with Crippen molar-refractivity contribution in [2.45, 2.75) is 37.8 Å². The van der Waals surface area contributed by atoms with Crippen molar-refractivity contribution in [3.63, 3.8) is 0 Å². The van der Waals surface area contributed by atoms with Gasteiger partial charge >= 0.3 is 0 Å². The summed E-state index contributed by atoms with van der Waals surface area (Å²) >= 11 is 0. The molecule has 0 saturated heterocycles. The highest BCUT2D eigenvalue weighted by Gasteiger charge is 2.50. The average molecular weight is 320 g/mol. The zero-order chi connectivity index (χ0) is 15.2. The van der Waals surface area contributed by atoms with Crippen LogP contribution in [-0.4, -0.2) is 5.66 Å². The van der Waals surface area contributed by atoms with Gasteiger partial charge in [0, 0.05) is 0 Å². The lowest BCUT2D eigenvalue weighted by Gasteiger charge is -2.56. The van der Waals surface area contributed by atoms with Gasteiger partial charge in [-0.15, -0.1) is 0 Å². The molecule has 1 heteroatoms. The van der Waals surface area contributed by atoms with Gasteiger partial charge in [-0.2, -0.15) is 0 Å². The monoisotopic (exact) mass is 320 g/mol. The van der Waals surface area contributed by atoms with E-state index >= 15 is 0 Å². The first kappa shape index (κ1) is 14.2. The summed E-state index contributed by atoms with van der Waals surface area (Å²) in [6.07, 6.45) is 7.65. The molecule has 4 aliphatic rings. The Kier molecular flexibility index (Phi) is 3.56. The Hall–Kier alpha value is -1.13. The fourth-order valence-corrected chi connectivity index (χ4v) is 9.29. The van der Waals surface area contributed by atoms with Crippen LogP contribution in [0.3, 0.4) is 0 Å². The minimum absolute atomic E-state index is 0.201. The van der Waals surface area contributed by atoms with Crippen molar-refractivity contribution < 1.29 is 0 Å². The Balaban J connectivity index is 1.58. The third-order valence-corrected chi connectivity index (χ3v) is 9.69. The third kappa shape index (κ3) is 2.47. The predicted octanol–water partition coefficient (Wildman–Crippen LogP) is 4.94. The molecule has 23 heavy (non-hydrogen) atoms. The van der Waals surface area contributed by atoms with E-state index in [9.17, 15) is 0 Å². The van der Waals surface area contributed by atoms with Crippen LogP contribution in [0.25, 0.3) is 0 Å². The maximum atomic E-state index is 2.39. The molecule has 0 nitrogen and oxygen atoms in total. The molecule has 0 unspecified atom stereocenters. The van der Waals surface area contributed by atoms with E-state index in [1.807, 2.05) is 0 Å². The topological polar surface area (TPSA) is 0 Å². The first-order valence-electron chi connectivity index (χ1n) is 9.28. The normalized spacial score (nSPS) is 34.9. The molecule has 0 N–H and O–H groups in total. The standard InChI is InChI=1S/C22H25P/c1-3-7-20(8-4-1)23(21-9-5-2-6-10-21)22-18-12-16-11-17(14-18)15-19(22)13-16/h1-10,16-19,22H,11-15H2. The minimum Gasteiger partial charge on any atom is -0.0622 e. The second kappa shape index (κ2) is 5.75. The van der Waals surface area contributed by atoms with E-state index < -0.39 is 0 Å². The molecule has 0 aliphatic heterocycles. The molecule has 4 bridgehead atoms. The van der Waals surface area contributed by atoms with Gasteiger partial charge in [0.1, 0.15) is 0 Å². The van der Waals surface area contributed by atoms with Crippen LogP contribution >= 0.6 is 7.92 Å². The summed E-state index contributed by atoms with van der Waals surface area (Å²) < 4.78 is 0. The summed E-state index contributed by atoms with van der Waals surface area (Å²) in [6, 6.07) is 22.9. The van der Waals surface area contributed by atoms with Crippen molar-refractivity contribution >= 4 is 18.5 Å². The summed E-state index contributed by atoms with van der Waals surface area (Å²) in [4.78, 5) is 0. The molecule has 118 valence electrons. The van der Waals surface area contributed by atoms with Crippen LogP contribution < -0.4 is 10.6 Å². The Bertz CT molecular complexity index is 595. The molecule has 0 amide bonds. The van der Waals surface area contributed by atoms with Crippen molar-refractivity contribution in [3.8, 4) is 0 Å². The number of benzene rings is 2. The van der Waals surface area contributed by atoms with Crippen LogP contribution in [0.4, 0.5) is 0 Å². The molecule has 4 saturated carbocycles. The lowest BCUT2D eigenvalue weighted by Crippen LogP contribution is -2.49. The molecule has 4 fully saturated rings. The van der Waals surface area contributed by atoms with E-state index in [0.717, 1.165) is 29.3 Å². The molecule has 2 aromatic carbocycles. The SMILES string of the molecule is c1ccc(P(c2ccccc2)C2C3CC4CC(C3)CC2C4)cc1. The van der Waals surface area contributed by atoms with Crippen molar-refractivity contribution in [3.05, 3.63) is 60.7 Å². The van der Waals surface area contributed by atoms with E-state index in [1.54, 1.807) is 17.0 Å². The predicted molar refractivity (Wildman–Crippen MR) is 99.9 cm³/mol. The summed E-state index contributed by atoms with van der Waals surface area (Å²) in [6.45, 7) is 0. The Morgan fingerprint density at radius 2 is 1.00 bits per heavy atom. The zero-order valence-corrected chi connectivity index (χ0v) is 14.5. The van der Waals surface area contributed by atoms with E-state index in [0.29, 0.717) is 0 Å².